The summed E-state index contributed by atoms with van der Waals surface area (Å²) in [5, 5.41) is 1.80. The summed E-state index contributed by atoms with van der Waals surface area (Å²) in [6, 6.07) is 18.1. The van der Waals surface area contributed by atoms with Gasteiger partial charge in [-0.15, -0.1) is 11.3 Å². The third-order valence-electron chi connectivity index (χ3n) is 4.08. The van der Waals surface area contributed by atoms with Gasteiger partial charge in [-0.2, -0.15) is 0 Å². The third kappa shape index (κ3) is 3.86. The van der Waals surface area contributed by atoms with Gasteiger partial charge in [0.25, 0.3) is 0 Å². The van der Waals surface area contributed by atoms with Crippen molar-refractivity contribution in [1.29, 1.82) is 0 Å². The molecule has 3 aromatic rings. The minimum absolute atomic E-state index is 0.223. The molecule has 0 radical (unpaired) electrons. The van der Waals surface area contributed by atoms with Crippen LogP contribution in [0.5, 0.6) is 0 Å². The van der Waals surface area contributed by atoms with Gasteiger partial charge in [-0.25, -0.2) is 4.79 Å². The largest absolute Gasteiger partial charge is 0.445 e. The zero-order valence-electron chi connectivity index (χ0n) is 14.1. The second-order valence-electron chi connectivity index (χ2n) is 5.84. The number of aryl methyl sites for hydroxylation is 2. The second kappa shape index (κ2) is 7.45. The Labute approximate surface area is 150 Å². The van der Waals surface area contributed by atoms with Crippen molar-refractivity contribution in [3.8, 4) is 0 Å². The Bertz CT molecular complexity index is 883. The highest BCUT2D eigenvalue weighted by molar-refractivity contribution is 7.11. The van der Waals surface area contributed by atoms with Crippen LogP contribution in [0.2, 0.25) is 0 Å². The number of ether oxygens (including phenoxy) is 1. The normalized spacial score (nSPS) is 11.8. The maximum atomic E-state index is 13.0. The van der Waals surface area contributed by atoms with E-state index in [-0.39, 0.29) is 5.78 Å². The molecule has 0 fully saturated rings. The van der Waals surface area contributed by atoms with E-state index in [1.165, 1.54) is 11.3 Å². The molecule has 2 aromatic carbocycles. The fourth-order valence-corrected chi connectivity index (χ4v) is 3.11. The van der Waals surface area contributed by atoms with Gasteiger partial charge in [-0.1, -0.05) is 48.5 Å². The molecule has 0 spiro atoms. The Morgan fingerprint density at radius 1 is 0.920 bits per heavy atom. The molecule has 0 aliphatic heterocycles. The molecule has 0 bridgehead atoms. The zero-order valence-corrected chi connectivity index (χ0v) is 14.9. The number of hydrogen-bond donors (Lipinski definition) is 0. The Hall–Kier alpha value is -2.72. The highest BCUT2D eigenvalue weighted by Gasteiger charge is 2.27. The maximum Gasteiger partial charge on any atom is 0.349 e. The van der Waals surface area contributed by atoms with E-state index in [0.29, 0.717) is 16.0 Å². The van der Waals surface area contributed by atoms with Gasteiger partial charge in [0.05, 0.1) is 0 Å². The number of hydrogen-bond acceptors (Lipinski definition) is 4. The highest BCUT2D eigenvalue weighted by Crippen LogP contribution is 2.26. The summed E-state index contributed by atoms with van der Waals surface area (Å²) >= 11 is 1.29. The lowest BCUT2D eigenvalue weighted by Gasteiger charge is -2.17. The summed E-state index contributed by atoms with van der Waals surface area (Å²) in [6.07, 6.45) is -0.960. The summed E-state index contributed by atoms with van der Waals surface area (Å²) in [7, 11) is 0. The zero-order chi connectivity index (χ0) is 17.8. The second-order valence-corrected chi connectivity index (χ2v) is 6.78. The van der Waals surface area contributed by atoms with Gasteiger partial charge in [0, 0.05) is 11.1 Å². The van der Waals surface area contributed by atoms with Crippen LogP contribution in [-0.4, -0.2) is 11.8 Å². The van der Waals surface area contributed by atoms with Crippen LogP contribution in [0.25, 0.3) is 0 Å². The summed E-state index contributed by atoms with van der Waals surface area (Å²) in [5.41, 5.74) is 3.34. The summed E-state index contributed by atoms with van der Waals surface area (Å²) in [5.74, 6) is -0.708. The number of esters is 1. The van der Waals surface area contributed by atoms with E-state index in [9.17, 15) is 9.59 Å². The van der Waals surface area contributed by atoms with E-state index in [0.717, 1.165) is 11.1 Å². The smallest absolute Gasteiger partial charge is 0.349 e. The molecule has 3 nitrogen and oxygen atoms in total. The maximum absolute atomic E-state index is 13.0. The topological polar surface area (TPSA) is 43.4 Å². The number of ketones is 1. The number of carbonyl (C=O) groups is 2. The Morgan fingerprint density at radius 3 is 2.32 bits per heavy atom. The van der Waals surface area contributed by atoms with Crippen LogP contribution in [0.3, 0.4) is 0 Å². The van der Waals surface area contributed by atoms with Crippen LogP contribution < -0.4 is 0 Å². The Kier molecular flexibility index (Phi) is 5.10. The standard InChI is InChI=1S/C21H18O3S/c1-14-10-11-17(13-15(14)2)19(22)20(16-7-4-3-5-8-16)24-21(23)18-9-6-12-25-18/h3-13,20H,1-2H3/t20-/m0/s1. The summed E-state index contributed by atoms with van der Waals surface area (Å²) in [4.78, 5) is 25.9. The van der Waals surface area contributed by atoms with Gasteiger partial charge in [0.15, 0.2) is 6.10 Å². The van der Waals surface area contributed by atoms with Gasteiger partial charge in [-0.05, 0) is 42.5 Å². The Balaban J connectivity index is 1.94. The number of Topliss-reactive ketones (excluding diaryl/α,β-unsaturated/α-hetero) is 1. The monoisotopic (exact) mass is 350 g/mol. The highest BCUT2D eigenvalue weighted by atomic mass is 32.1. The van der Waals surface area contributed by atoms with Crippen LogP contribution in [0.15, 0.2) is 66.0 Å². The average molecular weight is 350 g/mol. The van der Waals surface area contributed by atoms with E-state index >= 15 is 0 Å². The van der Waals surface area contributed by atoms with Crippen LogP contribution in [0.1, 0.15) is 42.8 Å². The SMILES string of the molecule is Cc1ccc(C(=O)[C@@H](OC(=O)c2cccs2)c2ccccc2)cc1C. The third-order valence-corrected chi connectivity index (χ3v) is 4.93. The van der Waals surface area contributed by atoms with Crippen LogP contribution in [0.4, 0.5) is 0 Å². The average Bonchev–Trinajstić information content (AvgIpc) is 3.17. The van der Waals surface area contributed by atoms with Crippen molar-refractivity contribution in [2.45, 2.75) is 20.0 Å². The number of benzene rings is 2. The lowest BCUT2D eigenvalue weighted by Crippen LogP contribution is -2.20. The summed E-state index contributed by atoms with van der Waals surface area (Å²) < 4.78 is 5.59. The summed E-state index contributed by atoms with van der Waals surface area (Å²) in [6.45, 7) is 3.95. The lowest BCUT2D eigenvalue weighted by atomic mass is 9.97. The molecule has 0 unspecified atom stereocenters. The van der Waals surface area contributed by atoms with Gasteiger partial charge in [0.1, 0.15) is 4.88 Å². The quantitative estimate of drug-likeness (QED) is 0.472. The molecule has 0 aliphatic carbocycles. The molecule has 0 saturated carbocycles. The lowest BCUT2D eigenvalue weighted by molar-refractivity contribution is 0.0285. The van der Waals surface area contributed by atoms with Crippen LogP contribution >= 0.6 is 11.3 Å². The molecular weight excluding hydrogens is 332 g/mol. The molecule has 126 valence electrons. The number of carbonyl (C=O) groups excluding carboxylic acids is 2. The minimum Gasteiger partial charge on any atom is -0.445 e. The predicted molar refractivity (Wildman–Crippen MR) is 99.2 cm³/mol. The first-order chi connectivity index (χ1) is 12.1. The fourth-order valence-electron chi connectivity index (χ4n) is 2.51. The number of rotatable bonds is 5. The Morgan fingerprint density at radius 2 is 1.68 bits per heavy atom. The fraction of sp³-hybridized carbons (Fsp3) is 0.143. The first-order valence-electron chi connectivity index (χ1n) is 7.97. The van der Waals surface area contributed by atoms with Crippen LogP contribution in [-0.2, 0) is 4.74 Å². The molecule has 4 heteroatoms. The molecule has 0 N–H and O–H groups in total. The molecule has 0 aliphatic rings. The van der Waals surface area contributed by atoms with Crippen molar-refractivity contribution >= 4 is 23.1 Å². The minimum atomic E-state index is -0.960. The van der Waals surface area contributed by atoms with E-state index in [1.807, 2.05) is 44.2 Å². The van der Waals surface area contributed by atoms with Crippen molar-refractivity contribution in [2.24, 2.45) is 0 Å². The predicted octanol–water partition coefficient (Wildman–Crippen LogP) is 5.15. The van der Waals surface area contributed by atoms with E-state index in [2.05, 4.69) is 0 Å². The molecule has 3 rings (SSSR count). The first-order valence-corrected chi connectivity index (χ1v) is 8.85. The van der Waals surface area contributed by atoms with Crippen LogP contribution in [0, 0.1) is 13.8 Å². The van der Waals surface area contributed by atoms with E-state index in [1.54, 1.807) is 35.7 Å². The molecule has 0 saturated heterocycles. The van der Waals surface area contributed by atoms with Gasteiger partial charge >= 0.3 is 5.97 Å². The molecule has 1 aromatic heterocycles. The molecule has 1 heterocycles. The van der Waals surface area contributed by atoms with Gasteiger partial charge in [-0.3, -0.25) is 4.79 Å². The van der Waals surface area contributed by atoms with Crippen molar-refractivity contribution in [3.63, 3.8) is 0 Å². The van der Waals surface area contributed by atoms with Crippen molar-refractivity contribution < 1.29 is 14.3 Å². The van der Waals surface area contributed by atoms with Crippen molar-refractivity contribution in [1.82, 2.24) is 0 Å². The first kappa shape index (κ1) is 17.1. The molecule has 25 heavy (non-hydrogen) atoms. The van der Waals surface area contributed by atoms with Gasteiger partial charge < -0.3 is 4.74 Å². The molecule has 0 amide bonds. The van der Waals surface area contributed by atoms with Crippen molar-refractivity contribution in [3.05, 3.63) is 93.2 Å². The molecule has 1 atom stereocenters. The number of thiophene rings is 1. The van der Waals surface area contributed by atoms with E-state index < -0.39 is 12.1 Å². The van der Waals surface area contributed by atoms with E-state index in [4.69, 9.17) is 4.74 Å². The van der Waals surface area contributed by atoms with Gasteiger partial charge in [0.2, 0.25) is 5.78 Å². The van der Waals surface area contributed by atoms with Crippen molar-refractivity contribution in [2.75, 3.05) is 0 Å². The molecular formula is C21H18O3S.